The highest BCUT2D eigenvalue weighted by atomic mass is 16.6. The van der Waals surface area contributed by atoms with Crippen molar-refractivity contribution in [2.45, 2.75) is 11.5 Å². The molecule has 1 N–H and O–H groups in total. The third kappa shape index (κ3) is 3.02. The molecule has 0 unspecified atom stereocenters. The average molecular weight is 401 g/mol. The summed E-state index contributed by atoms with van der Waals surface area (Å²) in [6.45, 7) is 0.689. The van der Waals surface area contributed by atoms with Gasteiger partial charge < -0.3 is 19.5 Å². The molecular weight excluding hydrogens is 378 g/mol. The molecule has 0 saturated carbocycles. The third-order valence-corrected chi connectivity index (χ3v) is 6.11. The minimum absolute atomic E-state index is 0.0277. The van der Waals surface area contributed by atoms with Crippen LogP contribution in [0, 0.1) is 0 Å². The molecule has 0 bridgehead atoms. The molecule has 1 saturated heterocycles. The molecule has 0 radical (unpaired) electrons. The van der Waals surface area contributed by atoms with E-state index in [2.05, 4.69) is 24.3 Å². The number of carbonyl (C=O) groups is 1. The maximum absolute atomic E-state index is 12.6. The first-order valence-corrected chi connectivity index (χ1v) is 10.1. The van der Waals surface area contributed by atoms with Gasteiger partial charge in [-0.25, -0.2) is 4.79 Å². The van der Waals surface area contributed by atoms with Crippen molar-refractivity contribution >= 4 is 6.09 Å². The summed E-state index contributed by atoms with van der Waals surface area (Å²) in [6.07, 6.45) is -0.399. The van der Waals surface area contributed by atoms with E-state index in [1.54, 1.807) is 13.2 Å². The van der Waals surface area contributed by atoms with E-state index in [9.17, 15) is 9.90 Å². The zero-order chi connectivity index (χ0) is 20.7. The Bertz CT molecular complexity index is 1060. The summed E-state index contributed by atoms with van der Waals surface area (Å²) in [7, 11) is 1.59. The van der Waals surface area contributed by atoms with E-state index in [0.717, 1.165) is 5.56 Å². The molecule has 3 aromatic carbocycles. The molecule has 152 valence electrons. The molecule has 1 fully saturated rings. The molecular formula is C25H23NO4. The predicted molar refractivity (Wildman–Crippen MR) is 114 cm³/mol. The average Bonchev–Trinajstić information content (AvgIpc) is 3.09. The molecule has 1 heterocycles. The van der Waals surface area contributed by atoms with Crippen molar-refractivity contribution in [1.82, 2.24) is 4.90 Å². The molecule has 1 amide bonds. The number of amides is 1. The minimum atomic E-state index is -1.07. The number of carbonyl (C=O) groups excluding carboxylic acids is 1. The van der Waals surface area contributed by atoms with Crippen LogP contribution in [0.15, 0.2) is 72.8 Å². The van der Waals surface area contributed by atoms with E-state index < -0.39 is 11.7 Å². The maximum Gasteiger partial charge on any atom is 0.410 e. The first-order chi connectivity index (χ1) is 14.6. The Morgan fingerprint density at radius 3 is 2.27 bits per heavy atom. The van der Waals surface area contributed by atoms with Gasteiger partial charge in [0.05, 0.1) is 20.2 Å². The quantitative estimate of drug-likeness (QED) is 0.714. The lowest BCUT2D eigenvalue weighted by molar-refractivity contribution is -0.0943. The number of β-amino-alcohol motifs (C(OH)–C–C–N with tert-alkyl or cyclic N) is 1. The lowest BCUT2D eigenvalue weighted by atomic mass is 9.86. The van der Waals surface area contributed by atoms with Crippen LogP contribution in [0.4, 0.5) is 4.79 Å². The van der Waals surface area contributed by atoms with Crippen LogP contribution in [-0.4, -0.2) is 42.9 Å². The Labute approximate surface area is 175 Å². The van der Waals surface area contributed by atoms with Gasteiger partial charge in [0.1, 0.15) is 18.0 Å². The number of benzene rings is 3. The Morgan fingerprint density at radius 2 is 1.63 bits per heavy atom. The van der Waals surface area contributed by atoms with Gasteiger partial charge in [-0.2, -0.15) is 0 Å². The van der Waals surface area contributed by atoms with Crippen LogP contribution >= 0.6 is 0 Å². The van der Waals surface area contributed by atoms with Crippen molar-refractivity contribution in [1.29, 1.82) is 0 Å². The van der Waals surface area contributed by atoms with Crippen LogP contribution in [0.5, 0.6) is 5.75 Å². The number of hydrogen-bond donors (Lipinski definition) is 1. The molecule has 3 aromatic rings. The number of aliphatic hydroxyl groups is 1. The smallest absolute Gasteiger partial charge is 0.410 e. The van der Waals surface area contributed by atoms with Gasteiger partial charge in [0, 0.05) is 5.92 Å². The van der Waals surface area contributed by atoms with Gasteiger partial charge in [-0.15, -0.1) is 0 Å². The van der Waals surface area contributed by atoms with E-state index >= 15 is 0 Å². The third-order valence-electron chi connectivity index (χ3n) is 6.11. The monoisotopic (exact) mass is 401 g/mol. The topological polar surface area (TPSA) is 59.0 Å². The SMILES string of the molecule is COc1cccc(C2(O)CN(C(=O)OCC3c4ccccc4-c4ccccc43)C2)c1. The highest BCUT2D eigenvalue weighted by Gasteiger charge is 2.46. The number of fused-ring (bicyclic) bond motifs is 3. The number of ether oxygens (including phenoxy) is 2. The van der Waals surface area contributed by atoms with Gasteiger partial charge in [-0.05, 0) is 39.9 Å². The Morgan fingerprint density at radius 1 is 1.00 bits per heavy atom. The molecule has 5 nitrogen and oxygen atoms in total. The summed E-state index contributed by atoms with van der Waals surface area (Å²) in [6, 6.07) is 23.8. The van der Waals surface area contributed by atoms with Crippen LogP contribution in [0.2, 0.25) is 0 Å². The van der Waals surface area contributed by atoms with E-state index in [0.29, 0.717) is 5.75 Å². The fourth-order valence-corrected chi connectivity index (χ4v) is 4.49. The number of rotatable bonds is 4. The molecule has 0 aromatic heterocycles. The summed E-state index contributed by atoms with van der Waals surface area (Å²) in [5.74, 6) is 0.709. The zero-order valence-corrected chi connectivity index (χ0v) is 16.7. The van der Waals surface area contributed by atoms with E-state index in [4.69, 9.17) is 9.47 Å². The summed E-state index contributed by atoms with van der Waals surface area (Å²) in [5.41, 5.74) is 4.44. The fourth-order valence-electron chi connectivity index (χ4n) is 4.49. The molecule has 5 rings (SSSR count). The number of hydrogen-bond acceptors (Lipinski definition) is 4. The van der Waals surface area contributed by atoms with E-state index in [1.807, 2.05) is 42.5 Å². The second-order valence-electron chi connectivity index (χ2n) is 7.92. The highest BCUT2D eigenvalue weighted by molar-refractivity contribution is 5.79. The van der Waals surface area contributed by atoms with Crippen LogP contribution in [0.1, 0.15) is 22.6 Å². The fraction of sp³-hybridized carbons (Fsp3) is 0.240. The van der Waals surface area contributed by atoms with Gasteiger partial charge >= 0.3 is 6.09 Å². The van der Waals surface area contributed by atoms with Crippen molar-refractivity contribution in [3.8, 4) is 16.9 Å². The van der Waals surface area contributed by atoms with Crippen LogP contribution in [0.3, 0.4) is 0 Å². The molecule has 5 heteroatoms. The van der Waals surface area contributed by atoms with Crippen LogP contribution < -0.4 is 4.74 Å². The predicted octanol–water partition coefficient (Wildman–Crippen LogP) is 4.15. The highest BCUT2D eigenvalue weighted by Crippen LogP contribution is 2.44. The molecule has 1 aliphatic carbocycles. The van der Waals surface area contributed by atoms with Crippen molar-refractivity contribution in [2.24, 2.45) is 0 Å². The largest absolute Gasteiger partial charge is 0.497 e. The van der Waals surface area contributed by atoms with Gasteiger partial charge in [0.25, 0.3) is 0 Å². The van der Waals surface area contributed by atoms with Crippen LogP contribution in [0.25, 0.3) is 11.1 Å². The van der Waals surface area contributed by atoms with Gasteiger partial charge in [-0.1, -0.05) is 60.7 Å². The van der Waals surface area contributed by atoms with Crippen LogP contribution in [-0.2, 0) is 10.3 Å². The maximum atomic E-state index is 12.6. The first-order valence-electron chi connectivity index (χ1n) is 10.1. The Kier molecular flexibility index (Phi) is 4.48. The van der Waals surface area contributed by atoms with Gasteiger partial charge in [-0.3, -0.25) is 0 Å². The lowest BCUT2D eigenvalue weighted by Crippen LogP contribution is -2.61. The lowest BCUT2D eigenvalue weighted by Gasteiger charge is -2.46. The summed E-state index contributed by atoms with van der Waals surface area (Å²) in [4.78, 5) is 14.2. The number of likely N-dealkylation sites (tertiary alicyclic amines) is 1. The van der Waals surface area contributed by atoms with E-state index in [1.165, 1.54) is 27.2 Å². The standard InChI is InChI=1S/C25H23NO4/c1-29-18-8-6-7-17(13-18)25(28)15-26(16-25)24(27)30-14-23-21-11-4-2-9-19(21)20-10-3-5-12-22(20)23/h2-13,23,28H,14-16H2,1H3. The molecule has 1 aliphatic heterocycles. The van der Waals surface area contributed by atoms with Gasteiger partial charge in [0.2, 0.25) is 0 Å². The van der Waals surface area contributed by atoms with Crippen molar-refractivity contribution in [2.75, 3.05) is 26.8 Å². The second kappa shape index (κ2) is 7.18. The molecule has 30 heavy (non-hydrogen) atoms. The molecule has 0 atom stereocenters. The van der Waals surface area contributed by atoms with Crippen molar-refractivity contribution in [3.63, 3.8) is 0 Å². The van der Waals surface area contributed by atoms with Crippen molar-refractivity contribution in [3.05, 3.63) is 89.5 Å². The summed E-state index contributed by atoms with van der Waals surface area (Å²) < 4.78 is 10.9. The first kappa shape index (κ1) is 18.7. The zero-order valence-electron chi connectivity index (χ0n) is 16.7. The summed E-state index contributed by atoms with van der Waals surface area (Å²) in [5, 5.41) is 10.9. The summed E-state index contributed by atoms with van der Waals surface area (Å²) >= 11 is 0. The second-order valence-corrected chi connectivity index (χ2v) is 7.92. The number of methoxy groups -OCH3 is 1. The Balaban J connectivity index is 1.26. The number of nitrogens with zero attached hydrogens (tertiary/aromatic N) is 1. The normalized spacial score (nSPS) is 16.4. The minimum Gasteiger partial charge on any atom is -0.497 e. The molecule has 2 aliphatic rings. The van der Waals surface area contributed by atoms with E-state index in [-0.39, 0.29) is 25.6 Å². The Hall–Kier alpha value is -3.31. The van der Waals surface area contributed by atoms with Crippen molar-refractivity contribution < 1.29 is 19.4 Å². The molecule has 0 spiro atoms. The van der Waals surface area contributed by atoms with Gasteiger partial charge in [0.15, 0.2) is 0 Å².